The van der Waals surface area contributed by atoms with Gasteiger partial charge in [0, 0.05) is 24.2 Å². The first-order chi connectivity index (χ1) is 10.2. The van der Waals surface area contributed by atoms with Crippen LogP contribution in [0.1, 0.15) is 12.5 Å². The van der Waals surface area contributed by atoms with Crippen molar-refractivity contribution in [3.8, 4) is 17.0 Å². The van der Waals surface area contributed by atoms with Gasteiger partial charge >= 0.3 is 0 Å². The highest BCUT2D eigenvalue weighted by Crippen LogP contribution is 2.29. The maximum atomic E-state index is 12.4. The lowest BCUT2D eigenvalue weighted by Gasteiger charge is -2.16. The topological polar surface area (TPSA) is 77.5 Å². The fourth-order valence-corrected chi connectivity index (χ4v) is 2.30. The number of nitrogens with two attached hydrogens (primary N) is 1. The lowest BCUT2D eigenvalue weighted by molar-refractivity contribution is 0.274. The Bertz CT molecular complexity index is 665. The zero-order valence-electron chi connectivity index (χ0n) is 12.1. The summed E-state index contributed by atoms with van der Waals surface area (Å²) in [4.78, 5) is 12.4. The van der Waals surface area contributed by atoms with Crippen molar-refractivity contribution in [2.75, 3.05) is 13.2 Å². The van der Waals surface area contributed by atoms with Gasteiger partial charge in [-0.25, -0.2) is 0 Å². The highest BCUT2D eigenvalue weighted by atomic mass is 16.5. The lowest BCUT2D eigenvalue weighted by atomic mass is 10.1. The van der Waals surface area contributed by atoms with Crippen molar-refractivity contribution in [3.05, 3.63) is 52.3 Å². The van der Waals surface area contributed by atoms with Gasteiger partial charge in [-0.15, -0.1) is 0 Å². The summed E-state index contributed by atoms with van der Waals surface area (Å²) in [6, 6.07) is 11.1. The Morgan fingerprint density at radius 2 is 2.00 bits per heavy atom. The second kappa shape index (κ2) is 7.06. The van der Waals surface area contributed by atoms with Gasteiger partial charge in [0.2, 0.25) is 0 Å². The standard InChI is InChI=1S/C16H20N2O3/c1-2-21-15-6-4-3-5-13(15)14-8-7-12(11-17)16(20)18(14)9-10-19/h3-8,19H,2,9-11,17H2,1H3. The molecule has 0 saturated heterocycles. The van der Waals surface area contributed by atoms with Gasteiger partial charge in [-0.3, -0.25) is 4.79 Å². The number of para-hydroxylation sites is 1. The van der Waals surface area contributed by atoms with Crippen LogP contribution in [0.3, 0.4) is 0 Å². The van der Waals surface area contributed by atoms with Crippen molar-refractivity contribution in [2.24, 2.45) is 5.73 Å². The van der Waals surface area contributed by atoms with Crippen molar-refractivity contribution in [2.45, 2.75) is 20.0 Å². The third-order valence-electron chi connectivity index (χ3n) is 3.26. The van der Waals surface area contributed by atoms with E-state index in [0.29, 0.717) is 17.9 Å². The minimum absolute atomic E-state index is 0.113. The molecule has 0 saturated carbocycles. The summed E-state index contributed by atoms with van der Waals surface area (Å²) in [6.45, 7) is 2.75. The van der Waals surface area contributed by atoms with E-state index in [0.717, 1.165) is 11.3 Å². The highest BCUT2D eigenvalue weighted by Gasteiger charge is 2.13. The van der Waals surface area contributed by atoms with Gasteiger partial charge < -0.3 is 20.1 Å². The quantitative estimate of drug-likeness (QED) is 0.841. The number of ether oxygens (including phenoxy) is 1. The van der Waals surface area contributed by atoms with E-state index in [1.807, 2.05) is 37.3 Å². The average Bonchev–Trinajstić information content (AvgIpc) is 2.50. The first-order valence-corrected chi connectivity index (χ1v) is 6.98. The molecule has 5 nitrogen and oxygen atoms in total. The molecule has 1 heterocycles. The number of aromatic nitrogens is 1. The number of aliphatic hydroxyl groups excluding tert-OH is 1. The summed E-state index contributed by atoms with van der Waals surface area (Å²) < 4.78 is 7.16. The molecular formula is C16H20N2O3. The first kappa shape index (κ1) is 15.3. The molecule has 1 aromatic carbocycles. The van der Waals surface area contributed by atoms with Crippen molar-refractivity contribution in [3.63, 3.8) is 0 Å². The smallest absolute Gasteiger partial charge is 0.255 e. The van der Waals surface area contributed by atoms with Crippen LogP contribution < -0.4 is 16.0 Å². The molecule has 0 fully saturated rings. The minimum Gasteiger partial charge on any atom is -0.493 e. The Morgan fingerprint density at radius 1 is 1.24 bits per heavy atom. The van der Waals surface area contributed by atoms with Crippen LogP contribution in [0, 0.1) is 0 Å². The van der Waals surface area contributed by atoms with Gasteiger partial charge in [0.25, 0.3) is 5.56 Å². The van der Waals surface area contributed by atoms with Crippen molar-refractivity contribution in [1.82, 2.24) is 4.57 Å². The van der Waals surface area contributed by atoms with Gasteiger partial charge in [0.1, 0.15) is 5.75 Å². The summed E-state index contributed by atoms with van der Waals surface area (Å²) in [7, 11) is 0. The number of benzene rings is 1. The Morgan fingerprint density at radius 3 is 2.67 bits per heavy atom. The SMILES string of the molecule is CCOc1ccccc1-c1ccc(CN)c(=O)n1CCO. The molecule has 0 unspecified atom stereocenters. The average molecular weight is 288 g/mol. The summed E-state index contributed by atoms with van der Waals surface area (Å²) in [6.07, 6.45) is 0. The summed E-state index contributed by atoms with van der Waals surface area (Å²) >= 11 is 0. The molecule has 1 aromatic heterocycles. The third kappa shape index (κ3) is 3.15. The molecule has 0 aliphatic rings. The number of hydrogen-bond donors (Lipinski definition) is 2. The van der Waals surface area contributed by atoms with Gasteiger partial charge in [0.05, 0.1) is 18.9 Å². The zero-order chi connectivity index (χ0) is 15.2. The van der Waals surface area contributed by atoms with E-state index in [1.165, 1.54) is 0 Å². The maximum absolute atomic E-state index is 12.4. The van der Waals surface area contributed by atoms with E-state index >= 15 is 0 Å². The Hall–Kier alpha value is -2.11. The van der Waals surface area contributed by atoms with Gasteiger partial charge in [-0.05, 0) is 25.1 Å². The molecule has 3 N–H and O–H groups in total. The molecule has 0 radical (unpaired) electrons. The monoisotopic (exact) mass is 288 g/mol. The van der Waals surface area contributed by atoms with Crippen LogP contribution in [0.4, 0.5) is 0 Å². The molecule has 5 heteroatoms. The first-order valence-electron chi connectivity index (χ1n) is 6.98. The molecule has 2 aromatic rings. The van der Waals surface area contributed by atoms with Crippen molar-refractivity contribution >= 4 is 0 Å². The fourth-order valence-electron chi connectivity index (χ4n) is 2.30. The van der Waals surface area contributed by atoms with E-state index in [2.05, 4.69) is 0 Å². The van der Waals surface area contributed by atoms with Crippen LogP contribution in [0.25, 0.3) is 11.3 Å². The number of hydrogen-bond acceptors (Lipinski definition) is 4. The predicted octanol–water partition coefficient (Wildman–Crippen LogP) is 1.36. The highest BCUT2D eigenvalue weighted by molar-refractivity contribution is 5.67. The van der Waals surface area contributed by atoms with E-state index in [-0.39, 0.29) is 25.3 Å². The zero-order valence-corrected chi connectivity index (χ0v) is 12.1. The molecule has 0 aliphatic carbocycles. The molecule has 0 amide bonds. The molecule has 112 valence electrons. The second-order valence-electron chi connectivity index (χ2n) is 4.56. The van der Waals surface area contributed by atoms with E-state index in [9.17, 15) is 9.90 Å². The lowest BCUT2D eigenvalue weighted by Crippen LogP contribution is -2.27. The normalized spacial score (nSPS) is 10.6. The van der Waals surface area contributed by atoms with Crippen molar-refractivity contribution in [1.29, 1.82) is 0 Å². The van der Waals surface area contributed by atoms with Crippen LogP contribution >= 0.6 is 0 Å². The van der Waals surface area contributed by atoms with Crippen LogP contribution in [-0.2, 0) is 13.1 Å². The Labute approximate surface area is 123 Å². The number of rotatable bonds is 6. The van der Waals surface area contributed by atoms with Gasteiger partial charge in [-0.1, -0.05) is 18.2 Å². The maximum Gasteiger partial charge on any atom is 0.255 e. The largest absolute Gasteiger partial charge is 0.493 e. The van der Waals surface area contributed by atoms with Gasteiger partial charge in [0.15, 0.2) is 0 Å². The molecule has 0 atom stereocenters. The Kier molecular flexibility index (Phi) is 5.14. The summed E-state index contributed by atoms with van der Waals surface area (Å²) in [5.74, 6) is 0.714. The third-order valence-corrected chi connectivity index (χ3v) is 3.26. The molecule has 21 heavy (non-hydrogen) atoms. The number of aliphatic hydroxyl groups is 1. The minimum atomic E-state index is -0.171. The number of pyridine rings is 1. The molecule has 0 bridgehead atoms. The van der Waals surface area contributed by atoms with E-state index in [1.54, 1.807) is 10.6 Å². The van der Waals surface area contributed by atoms with Gasteiger partial charge in [-0.2, -0.15) is 0 Å². The molecule has 0 spiro atoms. The van der Waals surface area contributed by atoms with Crippen LogP contribution in [0.15, 0.2) is 41.2 Å². The second-order valence-corrected chi connectivity index (χ2v) is 4.56. The van der Waals surface area contributed by atoms with E-state index in [4.69, 9.17) is 10.5 Å². The fraction of sp³-hybridized carbons (Fsp3) is 0.312. The van der Waals surface area contributed by atoms with Crippen LogP contribution in [0.2, 0.25) is 0 Å². The summed E-state index contributed by atoms with van der Waals surface area (Å²) in [5.41, 5.74) is 7.48. The molecular weight excluding hydrogens is 268 g/mol. The molecule has 2 rings (SSSR count). The van der Waals surface area contributed by atoms with Crippen molar-refractivity contribution < 1.29 is 9.84 Å². The van der Waals surface area contributed by atoms with E-state index < -0.39 is 0 Å². The van der Waals surface area contributed by atoms with Crippen LogP contribution in [0.5, 0.6) is 5.75 Å². The predicted molar refractivity (Wildman–Crippen MR) is 82.3 cm³/mol. The Balaban J connectivity index is 2.63. The van der Waals surface area contributed by atoms with Crippen LogP contribution in [-0.4, -0.2) is 22.9 Å². The number of nitrogens with zero attached hydrogens (tertiary/aromatic N) is 1. The molecule has 0 aliphatic heterocycles. The summed E-state index contributed by atoms with van der Waals surface area (Å²) in [5, 5.41) is 9.23.